The molecule has 1 rings (SSSR count). The number of hydrogen-bond donors (Lipinski definition) is 2. The number of rotatable bonds is 2. The van der Waals surface area contributed by atoms with E-state index in [-0.39, 0.29) is 12.1 Å². The lowest BCUT2D eigenvalue weighted by atomic mass is 10.1. The number of aliphatic hydroxyl groups excluding tert-OH is 1. The predicted molar refractivity (Wildman–Crippen MR) is 48.1 cm³/mol. The second kappa shape index (κ2) is 3.98. The summed E-state index contributed by atoms with van der Waals surface area (Å²) in [4.78, 5) is 0. The van der Waals surface area contributed by atoms with E-state index in [2.05, 4.69) is 15.9 Å². The van der Waals surface area contributed by atoms with Crippen LogP contribution in [0.25, 0.3) is 0 Å². The molecule has 0 aliphatic carbocycles. The Morgan fingerprint density at radius 3 is 2.75 bits per heavy atom. The van der Waals surface area contributed by atoms with Gasteiger partial charge in [-0.25, -0.2) is 4.39 Å². The van der Waals surface area contributed by atoms with Crippen LogP contribution >= 0.6 is 15.9 Å². The Morgan fingerprint density at radius 1 is 1.58 bits per heavy atom. The molecule has 0 heterocycles. The van der Waals surface area contributed by atoms with Gasteiger partial charge >= 0.3 is 0 Å². The standard InChI is InChI=1S/C8H9BrFNO/c9-5-2-1-3-6(10)8(5)7(12)4-11/h1-3,7,12H,4,11H2/t7-/m0/s1. The van der Waals surface area contributed by atoms with Crippen LogP contribution in [0.15, 0.2) is 22.7 Å². The van der Waals surface area contributed by atoms with Crippen LogP contribution in [0.5, 0.6) is 0 Å². The normalized spacial score (nSPS) is 13.0. The van der Waals surface area contributed by atoms with Crippen LogP contribution < -0.4 is 5.73 Å². The Labute approximate surface area is 78.3 Å². The first kappa shape index (κ1) is 9.64. The first-order chi connectivity index (χ1) is 5.66. The molecule has 12 heavy (non-hydrogen) atoms. The van der Waals surface area contributed by atoms with Crippen molar-refractivity contribution >= 4 is 15.9 Å². The van der Waals surface area contributed by atoms with Crippen molar-refractivity contribution in [3.63, 3.8) is 0 Å². The van der Waals surface area contributed by atoms with E-state index < -0.39 is 11.9 Å². The molecule has 0 aromatic heterocycles. The zero-order chi connectivity index (χ0) is 9.14. The summed E-state index contributed by atoms with van der Waals surface area (Å²) in [5.41, 5.74) is 5.43. The lowest BCUT2D eigenvalue weighted by molar-refractivity contribution is 0.181. The number of halogens is 2. The summed E-state index contributed by atoms with van der Waals surface area (Å²) < 4.78 is 13.6. The fourth-order valence-corrected chi connectivity index (χ4v) is 1.55. The third-order valence-electron chi connectivity index (χ3n) is 1.56. The Hall–Kier alpha value is -0.450. The van der Waals surface area contributed by atoms with Crippen LogP contribution in [-0.4, -0.2) is 11.7 Å². The molecule has 0 saturated carbocycles. The molecule has 1 aromatic rings. The Bertz CT molecular complexity index is 260. The van der Waals surface area contributed by atoms with Gasteiger partial charge in [-0.05, 0) is 12.1 Å². The highest BCUT2D eigenvalue weighted by Gasteiger charge is 2.13. The van der Waals surface area contributed by atoms with E-state index >= 15 is 0 Å². The summed E-state index contributed by atoms with van der Waals surface area (Å²) in [5.74, 6) is -0.442. The molecule has 0 radical (unpaired) electrons. The fourth-order valence-electron chi connectivity index (χ4n) is 0.947. The summed E-state index contributed by atoms with van der Waals surface area (Å²) in [7, 11) is 0. The highest BCUT2D eigenvalue weighted by atomic mass is 79.9. The maximum Gasteiger partial charge on any atom is 0.130 e. The predicted octanol–water partition coefficient (Wildman–Crippen LogP) is 1.58. The lowest BCUT2D eigenvalue weighted by Gasteiger charge is -2.10. The molecule has 1 atom stereocenters. The highest BCUT2D eigenvalue weighted by Crippen LogP contribution is 2.25. The van der Waals surface area contributed by atoms with Crippen molar-refractivity contribution in [2.75, 3.05) is 6.54 Å². The van der Waals surface area contributed by atoms with E-state index in [1.54, 1.807) is 12.1 Å². The van der Waals surface area contributed by atoms with Gasteiger partial charge in [0.15, 0.2) is 0 Å². The molecule has 66 valence electrons. The summed E-state index contributed by atoms with van der Waals surface area (Å²) in [6, 6.07) is 4.52. The van der Waals surface area contributed by atoms with Gasteiger partial charge in [0, 0.05) is 16.6 Å². The number of nitrogens with two attached hydrogens (primary N) is 1. The molecule has 0 saturated heterocycles. The fraction of sp³-hybridized carbons (Fsp3) is 0.250. The molecule has 0 aliphatic heterocycles. The van der Waals surface area contributed by atoms with Gasteiger partial charge in [-0.1, -0.05) is 22.0 Å². The summed E-state index contributed by atoms with van der Waals surface area (Å²) in [5, 5.41) is 9.30. The van der Waals surface area contributed by atoms with Crippen molar-refractivity contribution in [3.05, 3.63) is 34.1 Å². The van der Waals surface area contributed by atoms with Crippen molar-refractivity contribution < 1.29 is 9.50 Å². The molecule has 0 fully saturated rings. The number of benzene rings is 1. The zero-order valence-corrected chi connectivity index (χ0v) is 7.88. The van der Waals surface area contributed by atoms with Crippen LogP contribution in [0.1, 0.15) is 11.7 Å². The quantitative estimate of drug-likeness (QED) is 0.815. The minimum atomic E-state index is -0.944. The van der Waals surface area contributed by atoms with Gasteiger partial charge in [0.25, 0.3) is 0 Å². The lowest BCUT2D eigenvalue weighted by Crippen LogP contribution is -2.13. The summed E-state index contributed by atoms with van der Waals surface area (Å²) in [6.07, 6.45) is -0.944. The number of aliphatic hydroxyl groups is 1. The van der Waals surface area contributed by atoms with Crippen LogP contribution in [0, 0.1) is 5.82 Å². The molecule has 4 heteroatoms. The van der Waals surface area contributed by atoms with Gasteiger partial charge in [0.1, 0.15) is 5.82 Å². The Kier molecular flexibility index (Phi) is 3.20. The van der Waals surface area contributed by atoms with Gasteiger partial charge in [0.05, 0.1) is 6.10 Å². The van der Waals surface area contributed by atoms with E-state index in [1.807, 2.05) is 0 Å². The molecule has 3 N–H and O–H groups in total. The SMILES string of the molecule is NC[C@H](O)c1c(F)cccc1Br. The third kappa shape index (κ3) is 1.83. The van der Waals surface area contributed by atoms with E-state index in [9.17, 15) is 9.50 Å². The van der Waals surface area contributed by atoms with Crippen LogP contribution in [-0.2, 0) is 0 Å². The van der Waals surface area contributed by atoms with E-state index in [0.717, 1.165) is 0 Å². The van der Waals surface area contributed by atoms with Gasteiger partial charge in [-0.3, -0.25) is 0 Å². The third-order valence-corrected chi connectivity index (χ3v) is 2.25. The molecule has 0 spiro atoms. The topological polar surface area (TPSA) is 46.2 Å². The van der Waals surface area contributed by atoms with E-state index in [1.165, 1.54) is 6.07 Å². The molecule has 0 aliphatic rings. The van der Waals surface area contributed by atoms with Crippen molar-refractivity contribution in [3.8, 4) is 0 Å². The minimum absolute atomic E-state index is 0.0134. The minimum Gasteiger partial charge on any atom is -0.387 e. The van der Waals surface area contributed by atoms with E-state index in [4.69, 9.17) is 5.73 Å². The van der Waals surface area contributed by atoms with Crippen molar-refractivity contribution in [1.82, 2.24) is 0 Å². The smallest absolute Gasteiger partial charge is 0.130 e. The van der Waals surface area contributed by atoms with Gasteiger partial charge in [-0.2, -0.15) is 0 Å². The van der Waals surface area contributed by atoms with Crippen molar-refractivity contribution in [2.45, 2.75) is 6.10 Å². The van der Waals surface area contributed by atoms with Gasteiger partial charge in [0.2, 0.25) is 0 Å². The highest BCUT2D eigenvalue weighted by molar-refractivity contribution is 9.10. The largest absolute Gasteiger partial charge is 0.387 e. The molecular weight excluding hydrogens is 225 g/mol. The first-order valence-electron chi connectivity index (χ1n) is 3.49. The molecule has 1 aromatic carbocycles. The maximum atomic E-state index is 13.0. The second-order valence-electron chi connectivity index (χ2n) is 2.39. The first-order valence-corrected chi connectivity index (χ1v) is 4.28. The average molecular weight is 234 g/mol. The summed E-state index contributed by atoms with van der Waals surface area (Å²) >= 11 is 3.13. The molecule has 0 unspecified atom stereocenters. The second-order valence-corrected chi connectivity index (χ2v) is 3.24. The Balaban J connectivity index is 3.12. The molecule has 0 bridgehead atoms. The van der Waals surface area contributed by atoms with Crippen molar-refractivity contribution in [2.24, 2.45) is 5.73 Å². The van der Waals surface area contributed by atoms with Gasteiger partial charge in [-0.15, -0.1) is 0 Å². The van der Waals surface area contributed by atoms with Crippen LogP contribution in [0.2, 0.25) is 0 Å². The Morgan fingerprint density at radius 2 is 2.25 bits per heavy atom. The zero-order valence-electron chi connectivity index (χ0n) is 6.30. The molecular formula is C8H9BrFNO. The van der Waals surface area contributed by atoms with Gasteiger partial charge < -0.3 is 10.8 Å². The van der Waals surface area contributed by atoms with Crippen LogP contribution in [0.4, 0.5) is 4.39 Å². The van der Waals surface area contributed by atoms with Crippen LogP contribution in [0.3, 0.4) is 0 Å². The monoisotopic (exact) mass is 233 g/mol. The summed E-state index contributed by atoms with van der Waals surface area (Å²) in [6.45, 7) is 0.0134. The average Bonchev–Trinajstić information content (AvgIpc) is 2.03. The molecule has 2 nitrogen and oxygen atoms in total. The van der Waals surface area contributed by atoms with Crippen molar-refractivity contribution in [1.29, 1.82) is 0 Å². The molecule has 0 amide bonds. The number of hydrogen-bond acceptors (Lipinski definition) is 2. The van der Waals surface area contributed by atoms with E-state index in [0.29, 0.717) is 4.47 Å². The maximum absolute atomic E-state index is 13.0.